The molecule has 1 aliphatic heterocycles. The lowest BCUT2D eigenvalue weighted by Gasteiger charge is -2.14. The van der Waals surface area contributed by atoms with Crippen molar-refractivity contribution in [1.82, 2.24) is 0 Å². The molecule has 2 amide bonds. The van der Waals surface area contributed by atoms with Crippen LogP contribution in [0.4, 0.5) is 5.69 Å². The third kappa shape index (κ3) is 4.49. The SMILES string of the molecule is CCOc1ccc(N2C(=O)c3ccc(C(=O)OCC(=O)c4ccc(Cl)cc4)cc3C2=O)cc1. The third-order valence-corrected chi connectivity index (χ3v) is 5.28. The minimum absolute atomic E-state index is 0.0624. The van der Waals surface area contributed by atoms with Gasteiger partial charge in [0.1, 0.15) is 5.75 Å². The Kier molecular flexibility index (Phi) is 6.24. The molecular weight excluding hydrogens is 446 g/mol. The van der Waals surface area contributed by atoms with Crippen LogP contribution in [0, 0.1) is 0 Å². The van der Waals surface area contributed by atoms with Crippen LogP contribution in [0.15, 0.2) is 66.7 Å². The second-order valence-electron chi connectivity index (χ2n) is 7.14. The van der Waals surface area contributed by atoms with Crippen molar-refractivity contribution in [2.75, 3.05) is 18.1 Å². The van der Waals surface area contributed by atoms with E-state index in [1.54, 1.807) is 36.4 Å². The highest BCUT2D eigenvalue weighted by molar-refractivity contribution is 6.34. The monoisotopic (exact) mass is 463 g/mol. The summed E-state index contributed by atoms with van der Waals surface area (Å²) < 4.78 is 10.5. The highest BCUT2D eigenvalue weighted by Crippen LogP contribution is 2.30. The van der Waals surface area contributed by atoms with Crippen LogP contribution in [0.2, 0.25) is 5.02 Å². The molecule has 0 spiro atoms. The number of fused-ring (bicyclic) bond motifs is 1. The standard InChI is InChI=1S/C25H18ClNO6/c1-2-32-19-10-8-18(9-11-19)27-23(29)20-12-5-16(13-21(20)24(27)30)25(31)33-14-22(28)15-3-6-17(26)7-4-15/h3-13H,2,14H2,1H3. The van der Waals surface area contributed by atoms with Gasteiger partial charge in [0.25, 0.3) is 11.8 Å². The molecule has 166 valence electrons. The van der Waals surface area contributed by atoms with E-state index < -0.39 is 30.2 Å². The Morgan fingerprint density at radius 3 is 2.15 bits per heavy atom. The highest BCUT2D eigenvalue weighted by Gasteiger charge is 2.37. The maximum absolute atomic E-state index is 12.9. The summed E-state index contributed by atoms with van der Waals surface area (Å²) in [6, 6.07) is 16.9. The smallest absolute Gasteiger partial charge is 0.338 e. The second kappa shape index (κ2) is 9.26. The topological polar surface area (TPSA) is 90.0 Å². The molecule has 0 fully saturated rings. The van der Waals surface area contributed by atoms with Gasteiger partial charge < -0.3 is 9.47 Å². The van der Waals surface area contributed by atoms with Gasteiger partial charge in [-0.3, -0.25) is 14.4 Å². The fourth-order valence-electron chi connectivity index (χ4n) is 3.39. The van der Waals surface area contributed by atoms with Crippen LogP contribution in [-0.4, -0.2) is 36.8 Å². The van der Waals surface area contributed by atoms with E-state index in [2.05, 4.69) is 0 Å². The molecule has 3 aromatic rings. The summed E-state index contributed by atoms with van der Waals surface area (Å²) in [4.78, 5) is 51.4. The highest BCUT2D eigenvalue weighted by atomic mass is 35.5. The molecular formula is C25H18ClNO6. The number of anilines is 1. The molecule has 0 radical (unpaired) electrons. The average molecular weight is 464 g/mol. The molecule has 0 atom stereocenters. The fourth-order valence-corrected chi connectivity index (χ4v) is 3.52. The van der Waals surface area contributed by atoms with Crippen LogP contribution in [-0.2, 0) is 4.74 Å². The Bertz CT molecular complexity index is 1250. The van der Waals surface area contributed by atoms with E-state index in [0.717, 1.165) is 4.90 Å². The molecule has 7 nitrogen and oxygen atoms in total. The van der Waals surface area contributed by atoms with Crippen molar-refractivity contribution >= 4 is 40.9 Å². The largest absolute Gasteiger partial charge is 0.494 e. The molecule has 3 aromatic carbocycles. The lowest BCUT2D eigenvalue weighted by molar-refractivity contribution is 0.0474. The summed E-state index contributed by atoms with van der Waals surface area (Å²) in [6.45, 7) is 1.88. The number of carbonyl (C=O) groups excluding carboxylic acids is 4. The maximum atomic E-state index is 12.9. The molecule has 1 heterocycles. The number of imide groups is 1. The first-order chi connectivity index (χ1) is 15.9. The number of ketones is 1. The molecule has 0 unspecified atom stereocenters. The summed E-state index contributed by atoms with van der Waals surface area (Å²) in [5.41, 5.74) is 1.08. The Morgan fingerprint density at radius 2 is 1.48 bits per heavy atom. The van der Waals surface area contributed by atoms with Gasteiger partial charge in [-0.2, -0.15) is 0 Å². The fraction of sp³-hybridized carbons (Fsp3) is 0.120. The molecule has 8 heteroatoms. The lowest BCUT2D eigenvalue weighted by atomic mass is 10.1. The summed E-state index contributed by atoms with van der Waals surface area (Å²) in [5.74, 6) is -1.59. The van der Waals surface area contributed by atoms with Crippen molar-refractivity contribution in [1.29, 1.82) is 0 Å². The number of amides is 2. The van der Waals surface area contributed by atoms with Gasteiger partial charge in [-0.1, -0.05) is 11.6 Å². The lowest BCUT2D eigenvalue weighted by Crippen LogP contribution is -2.29. The zero-order valence-electron chi connectivity index (χ0n) is 17.5. The van der Waals surface area contributed by atoms with Crippen LogP contribution in [0.1, 0.15) is 48.4 Å². The Morgan fingerprint density at radius 1 is 0.848 bits per heavy atom. The second-order valence-corrected chi connectivity index (χ2v) is 7.58. The van der Waals surface area contributed by atoms with Crippen molar-refractivity contribution in [2.45, 2.75) is 6.92 Å². The maximum Gasteiger partial charge on any atom is 0.338 e. The first-order valence-electron chi connectivity index (χ1n) is 10.1. The van der Waals surface area contributed by atoms with E-state index in [9.17, 15) is 19.2 Å². The quantitative estimate of drug-likeness (QED) is 0.289. The molecule has 33 heavy (non-hydrogen) atoms. The van der Waals surface area contributed by atoms with E-state index >= 15 is 0 Å². The van der Waals surface area contributed by atoms with Gasteiger partial charge in [-0.25, -0.2) is 9.69 Å². The summed E-state index contributed by atoms with van der Waals surface area (Å²) in [6.07, 6.45) is 0. The first-order valence-corrected chi connectivity index (χ1v) is 10.5. The zero-order valence-corrected chi connectivity index (χ0v) is 18.3. The summed E-state index contributed by atoms with van der Waals surface area (Å²) >= 11 is 5.80. The Hall–Kier alpha value is -3.97. The van der Waals surface area contributed by atoms with Crippen LogP contribution < -0.4 is 9.64 Å². The Labute approximate surface area is 194 Å². The summed E-state index contributed by atoms with van der Waals surface area (Å²) in [5, 5.41) is 0.486. The van der Waals surface area contributed by atoms with E-state index in [-0.39, 0.29) is 16.7 Å². The van der Waals surface area contributed by atoms with Gasteiger partial charge >= 0.3 is 5.97 Å². The van der Waals surface area contributed by atoms with Gasteiger partial charge in [0.05, 0.1) is 29.0 Å². The third-order valence-electron chi connectivity index (χ3n) is 5.03. The number of nitrogens with zero attached hydrogens (tertiary/aromatic N) is 1. The normalized spacial score (nSPS) is 12.5. The zero-order chi connectivity index (χ0) is 23.5. The van der Waals surface area contributed by atoms with Crippen LogP contribution in [0.5, 0.6) is 5.75 Å². The van der Waals surface area contributed by atoms with Crippen LogP contribution in [0.3, 0.4) is 0 Å². The van der Waals surface area contributed by atoms with Crippen molar-refractivity contribution < 1.29 is 28.7 Å². The minimum Gasteiger partial charge on any atom is -0.494 e. The first kappa shape index (κ1) is 22.2. The van der Waals surface area contributed by atoms with Gasteiger partial charge in [-0.05, 0) is 73.7 Å². The predicted octanol–water partition coefficient (Wildman–Crippen LogP) is 4.58. The molecule has 4 rings (SSSR count). The molecule has 0 aromatic heterocycles. The van der Waals surface area contributed by atoms with Gasteiger partial charge in [0, 0.05) is 10.6 Å². The molecule has 0 aliphatic carbocycles. The molecule has 0 N–H and O–H groups in total. The van der Waals surface area contributed by atoms with Crippen molar-refractivity contribution in [3.8, 4) is 5.75 Å². The number of hydrogen-bond donors (Lipinski definition) is 0. The number of benzene rings is 3. The number of esters is 1. The predicted molar refractivity (Wildman–Crippen MR) is 121 cm³/mol. The van der Waals surface area contributed by atoms with Gasteiger partial charge in [-0.15, -0.1) is 0 Å². The number of hydrogen-bond acceptors (Lipinski definition) is 6. The number of rotatable bonds is 7. The van der Waals surface area contributed by atoms with Crippen molar-refractivity contribution in [2.24, 2.45) is 0 Å². The van der Waals surface area contributed by atoms with Crippen molar-refractivity contribution in [3.63, 3.8) is 0 Å². The molecule has 0 saturated heterocycles. The van der Waals surface area contributed by atoms with E-state index in [4.69, 9.17) is 21.1 Å². The van der Waals surface area contributed by atoms with Gasteiger partial charge in [0.2, 0.25) is 0 Å². The van der Waals surface area contributed by atoms with Crippen LogP contribution >= 0.6 is 11.6 Å². The Balaban J connectivity index is 1.48. The van der Waals surface area contributed by atoms with E-state index in [1.807, 2.05) is 6.92 Å². The minimum atomic E-state index is -0.778. The average Bonchev–Trinajstić information content (AvgIpc) is 3.08. The van der Waals surface area contributed by atoms with E-state index in [1.165, 1.54) is 30.3 Å². The van der Waals surface area contributed by atoms with Crippen molar-refractivity contribution in [3.05, 3.63) is 94.0 Å². The van der Waals surface area contributed by atoms with Gasteiger partial charge in [0.15, 0.2) is 12.4 Å². The summed E-state index contributed by atoms with van der Waals surface area (Å²) in [7, 11) is 0. The number of carbonyl (C=O) groups is 4. The van der Waals surface area contributed by atoms with E-state index in [0.29, 0.717) is 28.6 Å². The molecule has 0 bridgehead atoms. The number of halogens is 1. The number of Topliss-reactive ketones (excluding diaryl/α,β-unsaturated/α-hetero) is 1. The van der Waals surface area contributed by atoms with Crippen LogP contribution in [0.25, 0.3) is 0 Å². The number of ether oxygens (including phenoxy) is 2. The molecule has 1 aliphatic rings. The molecule has 0 saturated carbocycles.